The van der Waals surface area contributed by atoms with Crippen molar-refractivity contribution in [1.82, 2.24) is 21.1 Å². The van der Waals surface area contributed by atoms with E-state index in [1.807, 2.05) is 30.3 Å². The van der Waals surface area contributed by atoms with Gasteiger partial charge in [0, 0.05) is 26.1 Å². The van der Waals surface area contributed by atoms with Crippen LogP contribution >= 0.6 is 0 Å². The summed E-state index contributed by atoms with van der Waals surface area (Å²) in [6, 6.07) is 8.76. The monoisotopic (exact) mass is 494 g/mol. The van der Waals surface area contributed by atoms with Crippen molar-refractivity contribution in [1.29, 1.82) is 0 Å². The summed E-state index contributed by atoms with van der Waals surface area (Å²) in [5.41, 5.74) is 2.76. The fourth-order valence-electron chi connectivity index (χ4n) is 2.93. The zero-order valence-corrected chi connectivity index (χ0v) is 21.2. The lowest BCUT2D eigenvalue weighted by Crippen LogP contribution is -2.46. The molecule has 35 heavy (non-hydrogen) atoms. The number of amides is 3. The Bertz CT molecular complexity index is 812. The largest absolute Gasteiger partial charge is 0.465 e. The maximum atomic E-state index is 12.4. The molecule has 1 aromatic carbocycles. The van der Waals surface area contributed by atoms with Gasteiger partial charge >= 0.3 is 18.2 Å². The van der Waals surface area contributed by atoms with Gasteiger partial charge in [-0.3, -0.25) is 15.0 Å². The fourth-order valence-corrected chi connectivity index (χ4v) is 2.93. The van der Waals surface area contributed by atoms with Gasteiger partial charge in [-0.15, -0.1) is 0 Å². The minimum Gasteiger partial charge on any atom is -0.465 e. The molecule has 0 unspecified atom stereocenters. The maximum Gasteiger partial charge on any atom is 0.407 e. The van der Waals surface area contributed by atoms with E-state index >= 15 is 0 Å². The molecule has 0 aliphatic carbocycles. The summed E-state index contributed by atoms with van der Waals surface area (Å²) in [7, 11) is 1.54. The van der Waals surface area contributed by atoms with E-state index in [1.165, 1.54) is 12.1 Å². The topological polar surface area (TPSA) is 135 Å². The fraction of sp³-hybridized carbons (Fsp3) is 0.583. The number of carbonyl (C=O) groups is 4. The van der Waals surface area contributed by atoms with Gasteiger partial charge in [0.15, 0.2) is 0 Å². The van der Waals surface area contributed by atoms with Crippen LogP contribution < -0.4 is 16.1 Å². The number of hydrogen-bond donors (Lipinski definition) is 3. The first-order valence-corrected chi connectivity index (χ1v) is 11.6. The second-order valence-corrected chi connectivity index (χ2v) is 8.87. The smallest absolute Gasteiger partial charge is 0.407 e. The predicted octanol–water partition coefficient (Wildman–Crippen LogP) is 2.50. The van der Waals surface area contributed by atoms with E-state index in [4.69, 9.17) is 14.2 Å². The van der Waals surface area contributed by atoms with E-state index in [-0.39, 0.29) is 26.2 Å². The van der Waals surface area contributed by atoms with Crippen LogP contribution in [-0.4, -0.2) is 67.5 Å². The van der Waals surface area contributed by atoms with Crippen molar-refractivity contribution in [3.8, 4) is 0 Å². The van der Waals surface area contributed by atoms with E-state index in [2.05, 4.69) is 16.1 Å². The number of ether oxygens (including phenoxy) is 3. The quantitative estimate of drug-likeness (QED) is 0.165. The summed E-state index contributed by atoms with van der Waals surface area (Å²) < 4.78 is 15.3. The van der Waals surface area contributed by atoms with Crippen molar-refractivity contribution in [2.75, 3.05) is 26.7 Å². The number of carbonyl (C=O) groups excluding carboxylic acids is 4. The second-order valence-electron chi connectivity index (χ2n) is 8.87. The lowest BCUT2D eigenvalue weighted by atomic mass is 10.1. The predicted molar refractivity (Wildman–Crippen MR) is 129 cm³/mol. The molecule has 1 atom stereocenters. The molecule has 0 heterocycles. The molecule has 3 amide bonds. The molecule has 196 valence electrons. The van der Waals surface area contributed by atoms with Crippen LogP contribution in [0, 0.1) is 0 Å². The standard InChI is InChI=1S/C24H38N4O7/c1-6-33-21(30)16-28(5)27-20(29)15-19(26-23(32)35-24(2,3)4)13-10-14-25-22(31)34-17-18-11-8-7-9-12-18/h7-9,11-12,19H,6,10,13-17H2,1-5H3,(H,25,31)(H,26,32)(H,27,29)/t19-/m0/s1. The average Bonchev–Trinajstić information content (AvgIpc) is 2.74. The van der Waals surface area contributed by atoms with Crippen molar-refractivity contribution >= 4 is 24.1 Å². The lowest BCUT2D eigenvalue weighted by Gasteiger charge is -2.24. The number of hydrazine groups is 1. The van der Waals surface area contributed by atoms with E-state index < -0.39 is 35.7 Å². The summed E-state index contributed by atoms with van der Waals surface area (Å²) in [6.07, 6.45) is -0.375. The summed E-state index contributed by atoms with van der Waals surface area (Å²) >= 11 is 0. The van der Waals surface area contributed by atoms with E-state index in [0.717, 1.165) is 5.56 Å². The summed E-state index contributed by atoms with van der Waals surface area (Å²) in [6.45, 7) is 7.51. The molecule has 1 aromatic rings. The maximum absolute atomic E-state index is 12.4. The summed E-state index contributed by atoms with van der Waals surface area (Å²) in [4.78, 5) is 48.1. The molecule has 3 N–H and O–H groups in total. The number of likely N-dealkylation sites (N-methyl/N-ethyl adjacent to an activating group) is 1. The van der Waals surface area contributed by atoms with Crippen LogP contribution in [0.3, 0.4) is 0 Å². The third-order valence-corrected chi connectivity index (χ3v) is 4.35. The highest BCUT2D eigenvalue weighted by atomic mass is 16.6. The van der Waals surface area contributed by atoms with Crippen LogP contribution in [0.25, 0.3) is 0 Å². The molecule has 0 radical (unpaired) electrons. The van der Waals surface area contributed by atoms with Gasteiger partial charge in [-0.2, -0.15) is 0 Å². The van der Waals surface area contributed by atoms with Crippen molar-refractivity contribution < 1.29 is 33.4 Å². The Morgan fingerprint density at radius 3 is 2.34 bits per heavy atom. The number of nitrogens with one attached hydrogen (secondary N) is 3. The van der Waals surface area contributed by atoms with Crippen LogP contribution in [0.1, 0.15) is 52.5 Å². The zero-order chi connectivity index (χ0) is 26.3. The Labute approximate surface area is 206 Å². The molecule has 0 saturated carbocycles. The molecular weight excluding hydrogens is 456 g/mol. The lowest BCUT2D eigenvalue weighted by molar-refractivity contribution is -0.145. The van der Waals surface area contributed by atoms with E-state index in [9.17, 15) is 19.2 Å². The molecule has 0 aliphatic rings. The van der Waals surface area contributed by atoms with Crippen molar-refractivity contribution in [2.45, 2.75) is 65.2 Å². The number of nitrogens with zero attached hydrogens (tertiary/aromatic N) is 1. The molecule has 11 heteroatoms. The third-order valence-electron chi connectivity index (χ3n) is 4.35. The van der Waals surface area contributed by atoms with E-state index in [1.54, 1.807) is 27.7 Å². The molecule has 0 bridgehead atoms. The Hall–Kier alpha value is -3.34. The minimum absolute atomic E-state index is 0.0507. The molecule has 0 aromatic heterocycles. The number of hydrogen-bond acceptors (Lipinski definition) is 8. The Morgan fingerprint density at radius 1 is 1.03 bits per heavy atom. The Morgan fingerprint density at radius 2 is 1.71 bits per heavy atom. The van der Waals surface area contributed by atoms with Gasteiger partial charge in [-0.25, -0.2) is 14.6 Å². The van der Waals surface area contributed by atoms with Crippen molar-refractivity contribution in [3.05, 3.63) is 35.9 Å². The van der Waals surface area contributed by atoms with E-state index in [0.29, 0.717) is 19.4 Å². The minimum atomic E-state index is -0.694. The van der Waals surface area contributed by atoms with Crippen molar-refractivity contribution in [3.63, 3.8) is 0 Å². The number of esters is 1. The summed E-state index contributed by atoms with van der Waals surface area (Å²) in [5, 5.41) is 6.67. The zero-order valence-electron chi connectivity index (χ0n) is 21.2. The molecule has 0 saturated heterocycles. The highest BCUT2D eigenvalue weighted by Crippen LogP contribution is 2.09. The SMILES string of the molecule is CCOC(=O)CN(C)NC(=O)C[C@H](CCCNC(=O)OCc1ccccc1)NC(=O)OC(C)(C)C. The van der Waals surface area contributed by atoms with Gasteiger partial charge in [0.1, 0.15) is 18.8 Å². The van der Waals surface area contributed by atoms with Gasteiger partial charge in [0.25, 0.3) is 0 Å². The number of alkyl carbamates (subject to hydrolysis) is 2. The van der Waals surface area contributed by atoms with Crippen LogP contribution in [0.4, 0.5) is 9.59 Å². The first-order valence-electron chi connectivity index (χ1n) is 11.6. The average molecular weight is 495 g/mol. The normalized spacial score (nSPS) is 11.8. The highest BCUT2D eigenvalue weighted by molar-refractivity contribution is 5.78. The van der Waals surface area contributed by atoms with Crippen LogP contribution in [0.15, 0.2) is 30.3 Å². The van der Waals surface area contributed by atoms with Gasteiger partial charge in [0.05, 0.1) is 6.61 Å². The molecule has 11 nitrogen and oxygen atoms in total. The van der Waals surface area contributed by atoms with Gasteiger partial charge in [0.2, 0.25) is 5.91 Å². The molecule has 0 aliphatic heterocycles. The Kier molecular flexibility index (Phi) is 13.2. The first kappa shape index (κ1) is 29.7. The Balaban J connectivity index is 2.51. The van der Waals surface area contributed by atoms with Crippen LogP contribution in [-0.2, 0) is 30.4 Å². The first-order chi connectivity index (χ1) is 16.5. The number of benzene rings is 1. The van der Waals surface area contributed by atoms with Gasteiger partial charge in [-0.1, -0.05) is 30.3 Å². The number of rotatable bonds is 13. The second kappa shape index (κ2) is 15.5. The van der Waals surface area contributed by atoms with Crippen LogP contribution in [0.5, 0.6) is 0 Å². The van der Waals surface area contributed by atoms with Crippen LogP contribution in [0.2, 0.25) is 0 Å². The van der Waals surface area contributed by atoms with Crippen molar-refractivity contribution in [2.24, 2.45) is 0 Å². The molecule has 0 spiro atoms. The summed E-state index contributed by atoms with van der Waals surface area (Å²) in [5.74, 6) is -0.864. The molecular formula is C24H38N4O7. The highest BCUT2D eigenvalue weighted by Gasteiger charge is 2.22. The third kappa shape index (κ3) is 15.2. The molecule has 0 fully saturated rings. The molecule has 1 rings (SSSR count). The van der Waals surface area contributed by atoms with Gasteiger partial charge < -0.3 is 24.8 Å². The van der Waals surface area contributed by atoms with Gasteiger partial charge in [-0.05, 0) is 46.1 Å².